The van der Waals surface area contributed by atoms with E-state index in [9.17, 15) is 19.5 Å². The number of nitrogens with zero attached hydrogens (tertiary/aromatic N) is 5. The number of hydrogen-bond donors (Lipinski definition) is 5. The van der Waals surface area contributed by atoms with E-state index in [1.807, 2.05) is 0 Å². The molecule has 17 heteroatoms. The number of nitrogens with one attached hydrogen (secondary N) is 1. The Bertz CT molecular complexity index is 1290. The van der Waals surface area contributed by atoms with Gasteiger partial charge in [0.05, 0.1) is 0 Å². The van der Waals surface area contributed by atoms with Crippen LogP contribution in [-0.4, -0.2) is 91.6 Å². The van der Waals surface area contributed by atoms with Gasteiger partial charge in [-0.3, -0.25) is 14.5 Å². The maximum Gasteiger partial charge on any atom is 0.353 e. The standard InChI is InChI=1S/C19H21N9O5S3/c1-27-10(21)3-9(20)24-13(27)7-4-35-17-19(6-34,16(32)28(17)12(7)15(30)31)25-14(29)11(26-33-2)8-5-36-18(22)23-8/h3,5-6,10,17H,4,20-21H2,1-2H3,(H2,22,23)(H,25,29)(H,30,31)/b26-11-/t10?,17-,19?/m0/s1. The zero-order valence-electron chi connectivity index (χ0n) is 18.9. The maximum atomic E-state index is 13.4. The second-order valence-electron chi connectivity index (χ2n) is 7.73. The number of β-lactam (4-membered cyclic amide) rings is 1. The molecule has 3 atom stereocenters. The highest BCUT2D eigenvalue weighted by Crippen LogP contribution is 2.46. The highest BCUT2D eigenvalue weighted by atomic mass is 32.2. The number of carboxylic acid groups (broad SMARTS) is 1. The van der Waals surface area contributed by atoms with Gasteiger partial charge in [-0.25, -0.2) is 14.8 Å². The Hall–Kier alpha value is -3.54. The summed E-state index contributed by atoms with van der Waals surface area (Å²) in [6, 6.07) is 0. The van der Waals surface area contributed by atoms with Gasteiger partial charge in [-0.2, -0.15) is 0 Å². The van der Waals surface area contributed by atoms with Gasteiger partial charge in [0, 0.05) is 29.1 Å². The number of thiocarbonyl (C=S) groups is 1. The summed E-state index contributed by atoms with van der Waals surface area (Å²) in [5.74, 6) is -2.41. The second-order valence-corrected chi connectivity index (χ2v) is 9.93. The van der Waals surface area contributed by atoms with Crippen molar-refractivity contribution in [2.75, 3.05) is 25.6 Å². The number of thioether (sulfide) groups is 1. The van der Waals surface area contributed by atoms with Gasteiger partial charge in [-0.1, -0.05) is 17.4 Å². The van der Waals surface area contributed by atoms with Crippen LogP contribution in [0.25, 0.3) is 0 Å². The first-order valence-electron chi connectivity index (χ1n) is 10.1. The van der Waals surface area contributed by atoms with E-state index in [-0.39, 0.29) is 45.2 Å². The van der Waals surface area contributed by atoms with Crippen LogP contribution in [0.15, 0.2) is 38.7 Å². The van der Waals surface area contributed by atoms with Crippen molar-refractivity contribution in [3.8, 4) is 0 Å². The van der Waals surface area contributed by atoms with Gasteiger partial charge in [0.15, 0.2) is 16.4 Å². The molecule has 2 amide bonds. The van der Waals surface area contributed by atoms with Crippen LogP contribution in [0.4, 0.5) is 5.13 Å². The van der Waals surface area contributed by atoms with Crippen molar-refractivity contribution >= 4 is 75.1 Å². The number of carbonyl (C=O) groups excluding carboxylic acids is 2. The number of aliphatic imine (C=N–C) groups is 1. The lowest BCUT2D eigenvalue weighted by Gasteiger charge is -2.55. The lowest BCUT2D eigenvalue weighted by molar-refractivity contribution is -0.153. The molecular formula is C19H21N9O5S3. The predicted octanol–water partition coefficient (Wildman–Crippen LogP) is -1.39. The van der Waals surface area contributed by atoms with E-state index in [0.29, 0.717) is 0 Å². The molecule has 3 aliphatic heterocycles. The van der Waals surface area contributed by atoms with E-state index in [4.69, 9.17) is 34.3 Å². The lowest BCUT2D eigenvalue weighted by Crippen LogP contribution is -2.81. The Kier molecular flexibility index (Phi) is 6.74. The molecule has 4 heterocycles. The number of carbonyl (C=O) groups is 3. The summed E-state index contributed by atoms with van der Waals surface area (Å²) in [7, 11) is 2.88. The predicted molar refractivity (Wildman–Crippen MR) is 138 cm³/mol. The van der Waals surface area contributed by atoms with Gasteiger partial charge in [0.1, 0.15) is 41.7 Å². The number of aliphatic carboxylic acids is 1. The molecule has 1 saturated heterocycles. The molecule has 8 N–H and O–H groups in total. The molecule has 0 radical (unpaired) electrons. The number of likely N-dealkylation sites (N-methyl/N-ethyl adjacent to an activating group) is 1. The first kappa shape index (κ1) is 25.5. The number of nitrogen functional groups attached to an aromatic ring is 1. The van der Waals surface area contributed by atoms with Crippen molar-refractivity contribution in [3.05, 3.63) is 34.2 Å². The van der Waals surface area contributed by atoms with Crippen LogP contribution >= 0.6 is 35.3 Å². The quantitative estimate of drug-likeness (QED) is 0.115. The number of oxime groups is 1. The Labute approximate surface area is 217 Å². The van der Waals surface area contributed by atoms with Gasteiger partial charge in [-0.05, 0) is 6.08 Å². The van der Waals surface area contributed by atoms with Crippen molar-refractivity contribution in [2.24, 2.45) is 21.6 Å². The summed E-state index contributed by atoms with van der Waals surface area (Å²) >= 11 is 7.43. The molecule has 4 rings (SSSR count). The minimum absolute atomic E-state index is 0.127. The van der Waals surface area contributed by atoms with Crippen LogP contribution in [0, 0.1) is 0 Å². The van der Waals surface area contributed by atoms with E-state index in [0.717, 1.165) is 21.6 Å². The fourth-order valence-corrected chi connectivity index (χ4v) is 6.25. The van der Waals surface area contributed by atoms with Gasteiger partial charge in [0.2, 0.25) is 0 Å². The van der Waals surface area contributed by atoms with Crippen molar-refractivity contribution in [2.45, 2.75) is 17.1 Å². The number of hydrogen-bond acceptors (Lipinski definition) is 14. The van der Waals surface area contributed by atoms with Crippen molar-refractivity contribution in [1.29, 1.82) is 0 Å². The number of fused-ring (bicyclic) bond motifs is 1. The molecule has 0 saturated carbocycles. The average Bonchev–Trinajstić information content (AvgIpc) is 3.27. The summed E-state index contributed by atoms with van der Waals surface area (Å²) in [5, 5.41) is 18.3. The van der Waals surface area contributed by atoms with E-state index >= 15 is 0 Å². The summed E-state index contributed by atoms with van der Waals surface area (Å²) in [6.45, 7) is 0. The zero-order chi connectivity index (χ0) is 26.4. The Morgan fingerprint density at radius 2 is 2.17 bits per heavy atom. The number of nitrogens with two attached hydrogens (primary N) is 3. The minimum Gasteiger partial charge on any atom is -0.477 e. The molecule has 14 nitrogen and oxygen atoms in total. The van der Waals surface area contributed by atoms with Crippen molar-refractivity contribution < 1.29 is 24.3 Å². The first-order chi connectivity index (χ1) is 17.0. The highest BCUT2D eigenvalue weighted by molar-refractivity contribution is 8.00. The molecule has 0 bridgehead atoms. The monoisotopic (exact) mass is 551 g/mol. The van der Waals surface area contributed by atoms with Gasteiger partial charge in [0.25, 0.3) is 11.8 Å². The first-order valence-corrected chi connectivity index (χ1v) is 12.5. The van der Waals surface area contributed by atoms with Crippen LogP contribution in [0.1, 0.15) is 5.69 Å². The fraction of sp³-hybridized carbons (Fsp3) is 0.316. The topological polar surface area (TPSA) is 215 Å². The molecule has 3 aliphatic rings. The lowest BCUT2D eigenvalue weighted by atomic mass is 9.87. The Morgan fingerprint density at radius 3 is 2.75 bits per heavy atom. The molecule has 1 fully saturated rings. The van der Waals surface area contributed by atoms with Gasteiger partial charge in [-0.15, -0.1) is 23.1 Å². The minimum atomic E-state index is -1.69. The number of anilines is 1. The number of rotatable bonds is 7. The van der Waals surface area contributed by atoms with E-state index in [1.165, 1.54) is 30.3 Å². The number of carboxylic acids is 1. The number of thiazole rings is 1. The number of amides is 2. The normalized spacial score (nSPS) is 26.0. The maximum absolute atomic E-state index is 13.4. The number of aromatic nitrogens is 1. The molecule has 0 aliphatic carbocycles. The molecular weight excluding hydrogens is 530 g/mol. The molecule has 2 unspecified atom stereocenters. The van der Waals surface area contributed by atoms with E-state index in [2.05, 4.69) is 20.4 Å². The Balaban J connectivity index is 1.69. The van der Waals surface area contributed by atoms with Crippen LogP contribution in [-0.2, 0) is 19.2 Å². The Morgan fingerprint density at radius 1 is 1.44 bits per heavy atom. The number of amidine groups is 1. The van der Waals surface area contributed by atoms with Crippen LogP contribution in [0.5, 0.6) is 0 Å². The van der Waals surface area contributed by atoms with E-state index < -0.39 is 34.9 Å². The zero-order valence-corrected chi connectivity index (χ0v) is 21.3. The molecule has 0 spiro atoms. The summed E-state index contributed by atoms with van der Waals surface area (Å²) in [5.41, 5.74) is 15.7. The van der Waals surface area contributed by atoms with Gasteiger partial charge < -0.3 is 37.4 Å². The third kappa shape index (κ3) is 3.98. The van der Waals surface area contributed by atoms with Gasteiger partial charge >= 0.3 is 5.97 Å². The molecule has 36 heavy (non-hydrogen) atoms. The molecule has 0 aromatic carbocycles. The van der Waals surface area contributed by atoms with Crippen molar-refractivity contribution in [3.63, 3.8) is 0 Å². The third-order valence-electron chi connectivity index (χ3n) is 5.61. The average molecular weight is 552 g/mol. The molecule has 1 aromatic heterocycles. The molecule has 190 valence electrons. The van der Waals surface area contributed by atoms with Crippen LogP contribution in [0.2, 0.25) is 0 Å². The summed E-state index contributed by atoms with van der Waals surface area (Å²) in [6.07, 6.45) is 0.882. The largest absolute Gasteiger partial charge is 0.477 e. The summed E-state index contributed by atoms with van der Waals surface area (Å²) in [4.78, 5) is 54.6. The SMILES string of the molecule is CO/N=C(\C(=O)NC1(C=S)C(=O)N2C(C(=O)O)=C(C3=NC(N)=CC(N)N3C)CS[C@H]21)c1csc(N)n1. The summed E-state index contributed by atoms with van der Waals surface area (Å²) < 4.78 is 0. The fourth-order valence-electron chi connectivity index (χ4n) is 3.89. The van der Waals surface area contributed by atoms with Crippen molar-refractivity contribution in [1.82, 2.24) is 20.1 Å². The molecule has 1 aromatic rings. The third-order valence-corrected chi connectivity index (χ3v) is 8.01. The van der Waals surface area contributed by atoms with Crippen LogP contribution in [0.3, 0.4) is 0 Å². The smallest absolute Gasteiger partial charge is 0.353 e. The second kappa shape index (κ2) is 9.49. The van der Waals surface area contributed by atoms with Crippen LogP contribution < -0.4 is 22.5 Å². The highest BCUT2D eigenvalue weighted by Gasteiger charge is 2.65. The van der Waals surface area contributed by atoms with E-state index in [1.54, 1.807) is 11.9 Å².